The van der Waals surface area contributed by atoms with Crippen molar-refractivity contribution in [2.45, 2.75) is 25.4 Å². The molecule has 3 heterocycles. The number of aromatic nitrogens is 1. The molecule has 1 aliphatic carbocycles. The van der Waals surface area contributed by atoms with Crippen LogP contribution in [0.3, 0.4) is 0 Å². The van der Waals surface area contributed by atoms with Crippen LogP contribution in [0.25, 0.3) is 17.0 Å². The van der Waals surface area contributed by atoms with Crippen LogP contribution in [-0.4, -0.2) is 17.1 Å². The smallest absolute Gasteiger partial charge is 0.310 e. The van der Waals surface area contributed by atoms with E-state index >= 15 is 0 Å². The molecule has 4 atom stereocenters. The van der Waals surface area contributed by atoms with E-state index in [0.717, 1.165) is 27.9 Å². The van der Waals surface area contributed by atoms with Gasteiger partial charge in [0, 0.05) is 17.2 Å². The molecule has 0 unspecified atom stereocenters. The number of fused-ring (bicyclic) bond motifs is 3. The van der Waals surface area contributed by atoms with Gasteiger partial charge in [0.1, 0.15) is 11.9 Å². The Balaban J connectivity index is 1.53. The van der Waals surface area contributed by atoms with Gasteiger partial charge in [-0.25, -0.2) is 4.98 Å². The molecule has 0 N–H and O–H groups in total. The number of allylic oxidation sites excluding steroid dienone is 1. The fourth-order valence-corrected chi connectivity index (χ4v) is 4.41. The van der Waals surface area contributed by atoms with Crippen molar-refractivity contribution >= 4 is 22.9 Å². The molecule has 1 fully saturated rings. The number of carbonyl (C=O) groups is 1. The number of esters is 1. The quantitative estimate of drug-likeness (QED) is 0.648. The van der Waals surface area contributed by atoms with Gasteiger partial charge in [-0.15, -0.1) is 0 Å². The number of pyridine rings is 1. The molecule has 0 spiro atoms. The summed E-state index contributed by atoms with van der Waals surface area (Å²) in [5, 5.41) is 1.12. The standard InChI is InChI=1S/C22H19NO3/c1-13-20-17(21-15(10-11-25-21)12-18(20)22(24)26-13)9-8-16-7-6-14-4-2-3-5-19(14)23-16/h2-11,13,17-18,20H,12H2,1H3/t13-,17-,18-,20+/m0/s1. The summed E-state index contributed by atoms with van der Waals surface area (Å²) in [6.07, 6.45) is 6.47. The highest BCUT2D eigenvalue weighted by molar-refractivity contribution is 5.79. The van der Waals surface area contributed by atoms with Gasteiger partial charge in [-0.1, -0.05) is 30.3 Å². The summed E-state index contributed by atoms with van der Waals surface area (Å²) in [7, 11) is 0. The van der Waals surface area contributed by atoms with E-state index in [2.05, 4.69) is 18.2 Å². The summed E-state index contributed by atoms with van der Waals surface area (Å²) < 4.78 is 11.3. The Hall–Kier alpha value is -2.88. The Morgan fingerprint density at radius 2 is 2.04 bits per heavy atom. The first-order chi connectivity index (χ1) is 12.7. The third kappa shape index (κ3) is 2.37. The maximum Gasteiger partial charge on any atom is 0.310 e. The van der Waals surface area contributed by atoms with Crippen molar-refractivity contribution in [3.63, 3.8) is 0 Å². The van der Waals surface area contributed by atoms with Crippen molar-refractivity contribution in [1.82, 2.24) is 4.98 Å². The van der Waals surface area contributed by atoms with Gasteiger partial charge in [0.25, 0.3) is 0 Å². The van der Waals surface area contributed by atoms with Gasteiger partial charge in [-0.05, 0) is 43.2 Å². The van der Waals surface area contributed by atoms with E-state index in [1.165, 1.54) is 0 Å². The number of rotatable bonds is 2. The number of para-hydroxylation sites is 1. The highest BCUT2D eigenvalue weighted by atomic mass is 16.6. The van der Waals surface area contributed by atoms with Crippen LogP contribution in [0, 0.1) is 11.8 Å². The predicted molar refractivity (Wildman–Crippen MR) is 98.5 cm³/mol. The van der Waals surface area contributed by atoms with E-state index < -0.39 is 0 Å². The van der Waals surface area contributed by atoms with Crippen LogP contribution in [0.4, 0.5) is 0 Å². The molecule has 1 aromatic carbocycles. The zero-order chi connectivity index (χ0) is 17.7. The third-order valence-corrected chi connectivity index (χ3v) is 5.64. The first kappa shape index (κ1) is 15.4. The molecule has 1 saturated heterocycles. The maximum atomic E-state index is 12.2. The number of nitrogens with zero attached hydrogens (tertiary/aromatic N) is 1. The largest absolute Gasteiger partial charge is 0.468 e. The Bertz CT molecular complexity index is 1020. The lowest BCUT2D eigenvalue weighted by atomic mass is 9.71. The summed E-state index contributed by atoms with van der Waals surface area (Å²) in [4.78, 5) is 16.9. The SMILES string of the molecule is C[C@@H]1OC(=O)[C@H]2Cc3ccoc3[C@@H](C=Cc3ccc4ccccc4n3)[C@@H]12. The zero-order valence-electron chi connectivity index (χ0n) is 14.5. The van der Waals surface area contributed by atoms with Gasteiger partial charge < -0.3 is 9.15 Å². The zero-order valence-corrected chi connectivity index (χ0v) is 14.5. The molecular weight excluding hydrogens is 326 g/mol. The molecule has 4 nitrogen and oxygen atoms in total. The lowest BCUT2D eigenvalue weighted by Crippen LogP contribution is -2.31. The fraction of sp³-hybridized carbons (Fsp3) is 0.273. The molecule has 2 aliphatic rings. The number of furan rings is 1. The van der Waals surface area contributed by atoms with Gasteiger partial charge in [0.15, 0.2) is 0 Å². The molecule has 130 valence electrons. The minimum atomic E-state index is -0.107. The van der Waals surface area contributed by atoms with Gasteiger partial charge in [-0.2, -0.15) is 0 Å². The minimum Gasteiger partial charge on any atom is -0.468 e. The summed E-state index contributed by atoms with van der Waals surface area (Å²) in [5.41, 5.74) is 2.98. The number of hydrogen-bond donors (Lipinski definition) is 0. The first-order valence-corrected chi connectivity index (χ1v) is 9.01. The van der Waals surface area contributed by atoms with Crippen molar-refractivity contribution < 1.29 is 13.9 Å². The second-order valence-corrected chi connectivity index (χ2v) is 7.15. The van der Waals surface area contributed by atoms with Gasteiger partial charge in [0.05, 0.1) is 23.4 Å². The highest BCUT2D eigenvalue weighted by Gasteiger charge is 2.50. The average Bonchev–Trinajstić information content (AvgIpc) is 3.23. The second kappa shape index (κ2) is 5.84. The summed E-state index contributed by atoms with van der Waals surface area (Å²) in [6.45, 7) is 1.98. The summed E-state index contributed by atoms with van der Waals surface area (Å²) in [5.74, 6) is 0.908. The maximum absolute atomic E-state index is 12.2. The Kier molecular flexibility index (Phi) is 3.45. The molecule has 4 heteroatoms. The lowest BCUT2D eigenvalue weighted by Gasteiger charge is -2.29. The molecule has 0 saturated carbocycles. The topological polar surface area (TPSA) is 52.3 Å². The average molecular weight is 345 g/mol. The molecular formula is C22H19NO3. The van der Waals surface area contributed by atoms with E-state index in [1.54, 1.807) is 6.26 Å². The molecule has 5 rings (SSSR count). The van der Waals surface area contributed by atoms with E-state index in [1.807, 2.05) is 43.3 Å². The number of hydrogen-bond acceptors (Lipinski definition) is 4. The van der Waals surface area contributed by atoms with E-state index in [0.29, 0.717) is 6.42 Å². The third-order valence-electron chi connectivity index (χ3n) is 5.64. The van der Waals surface area contributed by atoms with Crippen LogP contribution in [-0.2, 0) is 16.0 Å². The van der Waals surface area contributed by atoms with Crippen molar-refractivity contribution in [1.29, 1.82) is 0 Å². The monoisotopic (exact) mass is 345 g/mol. The van der Waals surface area contributed by atoms with Crippen LogP contribution in [0.5, 0.6) is 0 Å². The molecule has 3 aromatic rings. The lowest BCUT2D eigenvalue weighted by molar-refractivity contribution is -0.143. The molecule has 0 radical (unpaired) electrons. The van der Waals surface area contributed by atoms with E-state index in [9.17, 15) is 4.79 Å². The second-order valence-electron chi connectivity index (χ2n) is 7.15. The van der Waals surface area contributed by atoms with Crippen molar-refractivity contribution in [3.8, 4) is 0 Å². The normalized spacial score (nSPS) is 27.5. The van der Waals surface area contributed by atoms with Crippen molar-refractivity contribution in [3.05, 3.63) is 71.8 Å². The number of cyclic esters (lactones) is 1. The van der Waals surface area contributed by atoms with Crippen LogP contribution < -0.4 is 0 Å². The van der Waals surface area contributed by atoms with E-state index in [-0.39, 0.29) is 29.8 Å². The summed E-state index contributed by atoms with van der Waals surface area (Å²) >= 11 is 0. The summed E-state index contributed by atoms with van der Waals surface area (Å²) in [6, 6.07) is 14.1. The first-order valence-electron chi connectivity index (χ1n) is 9.01. The van der Waals surface area contributed by atoms with Crippen LogP contribution >= 0.6 is 0 Å². The van der Waals surface area contributed by atoms with Crippen LogP contribution in [0.15, 0.2) is 59.2 Å². The Morgan fingerprint density at radius 3 is 2.96 bits per heavy atom. The molecule has 0 amide bonds. The van der Waals surface area contributed by atoms with Crippen LogP contribution in [0.1, 0.15) is 29.9 Å². The van der Waals surface area contributed by atoms with E-state index in [4.69, 9.17) is 14.1 Å². The number of carbonyl (C=O) groups excluding carboxylic acids is 1. The number of ether oxygens (including phenoxy) is 1. The molecule has 2 aromatic heterocycles. The highest BCUT2D eigenvalue weighted by Crippen LogP contribution is 2.47. The van der Waals surface area contributed by atoms with Gasteiger partial charge >= 0.3 is 5.97 Å². The molecule has 1 aliphatic heterocycles. The van der Waals surface area contributed by atoms with Crippen molar-refractivity contribution in [2.75, 3.05) is 0 Å². The van der Waals surface area contributed by atoms with Crippen LogP contribution in [0.2, 0.25) is 0 Å². The van der Waals surface area contributed by atoms with Crippen molar-refractivity contribution in [2.24, 2.45) is 11.8 Å². The Morgan fingerprint density at radius 1 is 1.15 bits per heavy atom. The molecule has 26 heavy (non-hydrogen) atoms. The molecule has 0 bridgehead atoms. The minimum absolute atomic E-state index is 0.0217. The van der Waals surface area contributed by atoms with Gasteiger partial charge in [-0.3, -0.25) is 4.79 Å². The predicted octanol–water partition coefficient (Wildman–Crippen LogP) is 4.36. The Labute approximate surface area is 151 Å². The number of benzene rings is 1. The van der Waals surface area contributed by atoms with Gasteiger partial charge in [0.2, 0.25) is 0 Å². The fourth-order valence-electron chi connectivity index (χ4n) is 4.41.